The first-order valence-electron chi connectivity index (χ1n) is 20.2. The Morgan fingerprint density at radius 2 is 1.60 bits per heavy atom. The van der Waals surface area contributed by atoms with Gasteiger partial charge in [-0.1, -0.05) is 122 Å². The van der Waals surface area contributed by atoms with Crippen LogP contribution in [0.15, 0.2) is 73.1 Å². The molecule has 0 saturated heterocycles. The molecule has 0 bridgehead atoms. The first-order chi connectivity index (χ1) is 23.6. The van der Waals surface area contributed by atoms with Crippen LogP contribution in [0.3, 0.4) is 0 Å². The van der Waals surface area contributed by atoms with Crippen molar-refractivity contribution >= 4 is 5.78 Å². The lowest BCUT2D eigenvalue weighted by atomic mass is 9.68. The Hall–Kier alpha value is -2.39. The average Bonchev–Trinajstić information content (AvgIpc) is 3.39. The number of ether oxygens (including phenoxy) is 1. The van der Waals surface area contributed by atoms with Gasteiger partial charge in [-0.25, -0.2) is 0 Å². The molecule has 4 aliphatic carbocycles. The van der Waals surface area contributed by atoms with Crippen molar-refractivity contribution in [3.63, 3.8) is 0 Å². The second-order valence-corrected chi connectivity index (χ2v) is 18.2. The number of carbonyl (C=O) groups excluding carboxylic acids is 1. The number of aliphatic hydroxyl groups is 1. The van der Waals surface area contributed by atoms with Crippen LogP contribution >= 0.6 is 0 Å². The zero-order valence-electron chi connectivity index (χ0n) is 33.3. The van der Waals surface area contributed by atoms with Crippen LogP contribution in [0.2, 0.25) is 0 Å². The summed E-state index contributed by atoms with van der Waals surface area (Å²) in [5.41, 5.74) is 6.22. The topological polar surface area (TPSA) is 46.5 Å². The zero-order chi connectivity index (χ0) is 37.0. The van der Waals surface area contributed by atoms with E-state index < -0.39 is 0 Å². The smallest absolute Gasteiger partial charge is 0.140 e. The van der Waals surface area contributed by atoms with E-state index in [0.29, 0.717) is 29.5 Å². The Kier molecular flexibility index (Phi) is 13.7. The minimum atomic E-state index is -0.308. The van der Waals surface area contributed by atoms with Crippen LogP contribution in [0.5, 0.6) is 0 Å². The molecule has 0 radical (unpaired) electrons. The van der Waals surface area contributed by atoms with Crippen LogP contribution in [0.1, 0.15) is 143 Å². The van der Waals surface area contributed by atoms with Gasteiger partial charge < -0.3 is 9.84 Å². The Labute approximate surface area is 307 Å². The largest absolute Gasteiger partial charge is 0.492 e. The molecule has 3 saturated carbocycles. The lowest BCUT2D eigenvalue weighted by molar-refractivity contribution is -0.131. The number of ketones is 1. The van der Waals surface area contributed by atoms with Gasteiger partial charge >= 0.3 is 0 Å². The van der Waals surface area contributed by atoms with Gasteiger partial charge in [-0.15, -0.1) is 0 Å². The van der Waals surface area contributed by atoms with E-state index >= 15 is 0 Å². The van der Waals surface area contributed by atoms with E-state index in [1.54, 1.807) is 0 Å². The molecule has 50 heavy (non-hydrogen) atoms. The monoisotopic (exact) mass is 685 g/mol. The molecule has 3 nitrogen and oxygen atoms in total. The third kappa shape index (κ3) is 9.15. The highest BCUT2D eigenvalue weighted by Gasteiger charge is 2.68. The predicted octanol–water partition coefficient (Wildman–Crippen LogP) is 12.2. The molecule has 0 heterocycles. The molecule has 0 spiro atoms. The van der Waals surface area contributed by atoms with Crippen molar-refractivity contribution in [1.82, 2.24) is 0 Å². The summed E-state index contributed by atoms with van der Waals surface area (Å²) < 4.78 is 6.34. The van der Waals surface area contributed by atoms with Gasteiger partial charge in [-0.3, -0.25) is 4.79 Å². The number of fused-ring (bicyclic) bond motifs is 2. The quantitative estimate of drug-likeness (QED) is 0.114. The van der Waals surface area contributed by atoms with Crippen LogP contribution in [-0.4, -0.2) is 23.1 Å². The van der Waals surface area contributed by atoms with E-state index in [4.69, 9.17) is 4.74 Å². The number of benzene rings is 1. The maximum atomic E-state index is 14.4. The number of carbonyl (C=O) groups is 1. The van der Waals surface area contributed by atoms with Gasteiger partial charge in [-0.05, 0) is 130 Å². The third-order valence-electron chi connectivity index (χ3n) is 13.1. The van der Waals surface area contributed by atoms with Crippen molar-refractivity contribution in [3.8, 4) is 0 Å². The molecule has 1 aromatic rings. The fourth-order valence-electron chi connectivity index (χ4n) is 10.5. The number of aliphatic hydroxyl groups excluding tert-OH is 1. The van der Waals surface area contributed by atoms with E-state index in [9.17, 15) is 9.90 Å². The molecule has 7 atom stereocenters. The number of rotatable bonds is 15. The standard InChI is InChI=1S/C35H50O3.C12H22/c1-21(26-18-24-15-11-12-16-25(24)31(26)22(2)38-34(3,4)5)17-27(23-13-9-8-10-14-23)33(37)28-19-30-32(29(28)20-36)35(30,6)7;1-6-8-12(9-7-2)11(5)10(3)4/h11-12,15-16,23,26-32,36H,1-2,8-10,13-14,17-20H2,3-7H3;12H,3,5-9H2,1-2,4H3. The summed E-state index contributed by atoms with van der Waals surface area (Å²) in [6, 6.07) is 8.66. The van der Waals surface area contributed by atoms with Crippen LogP contribution in [0, 0.1) is 52.8 Å². The highest BCUT2D eigenvalue weighted by molar-refractivity contribution is 5.85. The molecule has 5 rings (SSSR count). The first kappa shape index (κ1) is 40.4. The molecular weight excluding hydrogens is 613 g/mol. The second-order valence-electron chi connectivity index (χ2n) is 18.2. The third-order valence-corrected chi connectivity index (χ3v) is 13.1. The van der Waals surface area contributed by atoms with Crippen molar-refractivity contribution in [1.29, 1.82) is 0 Å². The lowest BCUT2D eigenvalue weighted by Crippen LogP contribution is -2.36. The predicted molar refractivity (Wildman–Crippen MR) is 212 cm³/mol. The highest BCUT2D eigenvalue weighted by Crippen LogP contribution is 2.71. The molecule has 0 amide bonds. The Bertz CT molecular complexity index is 1360. The number of allylic oxidation sites excluding steroid dienone is 4. The number of Topliss-reactive ketones (excluding diaryl/α,β-unsaturated/α-hetero) is 1. The summed E-state index contributed by atoms with van der Waals surface area (Å²) in [6.07, 6.45) is 13.7. The van der Waals surface area contributed by atoms with Gasteiger partial charge in [0.1, 0.15) is 11.4 Å². The Morgan fingerprint density at radius 3 is 2.16 bits per heavy atom. The van der Waals surface area contributed by atoms with E-state index in [1.807, 2.05) is 0 Å². The van der Waals surface area contributed by atoms with E-state index in [-0.39, 0.29) is 47.2 Å². The summed E-state index contributed by atoms with van der Waals surface area (Å²) in [6.45, 7) is 34.6. The van der Waals surface area contributed by atoms with Crippen LogP contribution in [0.25, 0.3) is 0 Å². The molecular formula is C47H72O3. The normalized spacial score (nSPS) is 27.4. The van der Waals surface area contributed by atoms with E-state index in [1.165, 1.54) is 67.2 Å². The maximum absolute atomic E-state index is 14.4. The van der Waals surface area contributed by atoms with Crippen molar-refractivity contribution in [2.75, 3.05) is 6.61 Å². The summed E-state index contributed by atoms with van der Waals surface area (Å²) in [5, 5.41) is 10.4. The van der Waals surface area contributed by atoms with Gasteiger partial charge in [-0.2, -0.15) is 0 Å². The van der Waals surface area contributed by atoms with Crippen molar-refractivity contribution in [2.24, 2.45) is 52.8 Å². The molecule has 4 aliphatic rings. The number of hydrogen-bond acceptors (Lipinski definition) is 3. The minimum absolute atomic E-state index is 0.0125. The van der Waals surface area contributed by atoms with Gasteiger partial charge in [0, 0.05) is 24.4 Å². The number of hydrogen-bond donors (Lipinski definition) is 1. The SMILES string of the molecule is C=C(C)C(=C)C(CCC)CCC.C=C(CC(C(=O)C1CC2C(C1CO)C2(C)C)C1CCCCC1)C1Cc2ccccc2C1C(=C)OC(C)(C)C. The van der Waals surface area contributed by atoms with E-state index in [2.05, 4.69) is 106 Å². The van der Waals surface area contributed by atoms with Gasteiger partial charge in [0.2, 0.25) is 0 Å². The summed E-state index contributed by atoms with van der Waals surface area (Å²) in [4.78, 5) is 14.4. The zero-order valence-corrected chi connectivity index (χ0v) is 33.3. The van der Waals surface area contributed by atoms with Crippen molar-refractivity contribution < 1.29 is 14.6 Å². The molecule has 0 aliphatic heterocycles. The maximum Gasteiger partial charge on any atom is 0.140 e. The van der Waals surface area contributed by atoms with Crippen molar-refractivity contribution in [2.45, 2.75) is 144 Å². The molecule has 1 N–H and O–H groups in total. The fraction of sp³-hybridized carbons (Fsp3) is 0.681. The highest BCUT2D eigenvalue weighted by atomic mass is 16.5. The molecule has 3 fully saturated rings. The minimum Gasteiger partial charge on any atom is -0.492 e. The first-order valence-corrected chi connectivity index (χ1v) is 20.2. The van der Waals surface area contributed by atoms with E-state index in [0.717, 1.165) is 43.4 Å². The second kappa shape index (κ2) is 17.0. The molecule has 0 aromatic heterocycles. The van der Waals surface area contributed by atoms with Gasteiger partial charge in [0.25, 0.3) is 0 Å². The Balaban J connectivity index is 0.000000402. The van der Waals surface area contributed by atoms with Gasteiger partial charge in [0.05, 0.1) is 5.76 Å². The molecule has 3 heteroatoms. The summed E-state index contributed by atoms with van der Waals surface area (Å²) in [7, 11) is 0. The summed E-state index contributed by atoms with van der Waals surface area (Å²) >= 11 is 0. The fourth-order valence-corrected chi connectivity index (χ4v) is 10.5. The molecule has 1 aromatic carbocycles. The average molecular weight is 685 g/mol. The van der Waals surface area contributed by atoms with Crippen LogP contribution in [0.4, 0.5) is 0 Å². The summed E-state index contributed by atoms with van der Waals surface area (Å²) in [5.74, 6) is 3.89. The van der Waals surface area contributed by atoms with Crippen LogP contribution < -0.4 is 0 Å². The van der Waals surface area contributed by atoms with Crippen LogP contribution in [-0.2, 0) is 16.0 Å². The molecule has 7 unspecified atom stereocenters. The molecule has 278 valence electrons. The Morgan fingerprint density at radius 1 is 0.980 bits per heavy atom. The lowest BCUT2D eigenvalue weighted by Gasteiger charge is -2.36. The van der Waals surface area contributed by atoms with Gasteiger partial charge in [0.15, 0.2) is 0 Å². The van der Waals surface area contributed by atoms with Crippen molar-refractivity contribution in [3.05, 3.63) is 84.2 Å².